The minimum Gasteiger partial charge on any atom is -0.496 e. The Bertz CT molecular complexity index is 957. The molecule has 0 radical (unpaired) electrons. The largest absolute Gasteiger partial charge is 0.496 e. The zero-order valence-corrected chi connectivity index (χ0v) is 20.4. The van der Waals surface area contributed by atoms with Crippen molar-refractivity contribution in [2.45, 2.75) is 51.5 Å². The van der Waals surface area contributed by atoms with Crippen LogP contribution in [-0.2, 0) is 16.0 Å². The van der Waals surface area contributed by atoms with E-state index in [2.05, 4.69) is 17.1 Å². The Labute approximate surface area is 202 Å². The number of rotatable bonds is 8. The van der Waals surface area contributed by atoms with Crippen LogP contribution in [0.15, 0.2) is 42.5 Å². The van der Waals surface area contributed by atoms with Crippen molar-refractivity contribution in [2.75, 3.05) is 40.0 Å². The van der Waals surface area contributed by atoms with Gasteiger partial charge in [-0.25, -0.2) is 4.39 Å². The SMILES string of the molecule is COc1ccc(F)cc1-c1ccc(CC2(C(=O)NCCN3CCCCC3C)CCOCC2)cc1. The molecule has 2 aromatic carbocycles. The molecule has 1 unspecified atom stereocenters. The summed E-state index contributed by atoms with van der Waals surface area (Å²) in [5.41, 5.74) is 2.26. The minimum absolute atomic E-state index is 0.135. The first kappa shape index (κ1) is 24.7. The predicted molar refractivity (Wildman–Crippen MR) is 132 cm³/mol. The van der Waals surface area contributed by atoms with Crippen LogP contribution in [-0.4, -0.2) is 56.8 Å². The van der Waals surface area contributed by atoms with Crippen LogP contribution < -0.4 is 10.1 Å². The molecule has 2 heterocycles. The van der Waals surface area contributed by atoms with Crippen LogP contribution >= 0.6 is 0 Å². The summed E-state index contributed by atoms with van der Waals surface area (Å²) in [6, 6.07) is 13.2. The number of ether oxygens (including phenoxy) is 2. The van der Waals surface area contributed by atoms with Crippen LogP contribution in [0.5, 0.6) is 5.75 Å². The third-order valence-corrected chi connectivity index (χ3v) is 7.53. The molecule has 1 N–H and O–H groups in total. The molecule has 0 saturated carbocycles. The number of amides is 1. The van der Waals surface area contributed by atoms with Crippen molar-refractivity contribution in [1.29, 1.82) is 0 Å². The summed E-state index contributed by atoms with van der Waals surface area (Å²) in [5.74, 6) is 0.477. The lowest BCUT2D eigenvalue weighted by Crippen LogP contribution is -2.49. The molecule has 0 aliphatic carbocycles. The zero-order chi connectivity index (χ0) is 24.0. The highest BCUT2D eigenvalue weighted by Gasteiger charge is 2.40. The van der Waals surface area contributed by atoms with Gasteiger partial charge >= 0.3 is 0 Å². The van der Waals surface area contributed by atoms with Crippen LogP contribution in [0.2, 0.25) is 0 Å². The number of hydrogen-bond acceptors (Lipinski definition) is 4. The van der Waals surface area contributed by atoms with Crippen molar-refractivity contribution in [3.63, 3.8) is 0 Å². The summed E-state index contributed by atoms with van der Waals surface area (Å²) in [4.78, 5) is 15.9. The summed E-state index contributed by atoms with van der Waals surface area (Å²) in [6.45, 7) is 6.21. The first-order valence-corrected chi connectivity index (χ1v) is 12.5. The summed E-state index contributed by atoms with van der Waals surface area (Å²) in [7, 11) is 1.59. The molecule has 184 valence electrons. The van der Waals surface area contributed by atoms with E-state index in [0.717, 1.165) is 42.6 Å². The highest BCUT2D eigenvalue weighted by Crippen LogP contribution is 2.36. The van der Waals surface area contributed by atoms with Gasteiger partial charge in [0.15, 0.2) is 0 Å². The van der Waals surface area contributed by atoms with Crippen molar-refractivity contribution in [3.05, 3.63) is 53.8 Å². The quantitative estimate of drug-likeness (QED) is 0.603. The van der Waals surface area contributed by atoms with Gasteiger partial charge < -0.3 is 14.8 Å². The monoisotopic (exact) mass is 468 g/mol. The maximum Gasteiger partial charge on any atom is 0.226 e. The van der Waals surface area contributed by atoms with E-state index in [1.54, 1.807) is 13.2 Å². The number of halogens is 1. The number of nitrogens with one attached hydrogen (secondary N) is 1. The molecule has 2 fully saturated rings. The van der Waals surface area contributed by atoms with Gasteiger partial charge in [-0.05, 0) is 74.9 Å². The molecule has 1 amide bonds. The lowest BCUT2D eigenvalue weighted by atomic mass is 9.74. The average Bonchev–Trinajstić information content (AvgIpc) is 2.86. The topological polar surface area (TPSA) is 50.8 Å². The predicted octanol–water partition coefficient (Wildman–Crippen LogP) is 4.83. The second kappa shape index (κ2) is 11.3. The number of hydrogen-bond donors (Lipinski definition) is 1. The van der Waals surface area contributed by atoms with Gasteiger partial charge in [0.2, 0.25) is 5.91 Å². The third-order valence-electron chi connectivity index (χ3n) is 7.53. The molecule has 1 atom stereocenters. The Kier molecular flexibility index (Phi) is 8.22. The molecule has 2 aliphatic heterocycles. The van der Waals surface area contributed by atoms with Gasteiger partial charge in [0.1, 0.15) is 11.6 Å². The van der Waals surface area contributed by atoms with Crippen molar-refractivity contribution >= 4 is 5.91 Å². The Morgan fingerprint density at radius 2 is 1.94 bits per heavy atom. The summed E-state index contributed by atoms with van der Waals surface area (Å²) in [5, 5.41) is 3.25. The first-order valence-electron chi connectivity index (χ1n) is 12.5. The van der Waals surface area contributed by atoms with Gasteiger partial charge in [-0.1, -0.05) is 30.7 Å². The van der Waals surface area contributed by atoms with E-state index < -0.39 is 5.41 Å². The fourth-order valence-corrected chi connectivity index (χ4v) is 5.34. The zero-order valence-electron chi connectivity index (χ0n) is 20.4. The Morgan fingerprint density at radius 1 is 1.18 bits per heavy atom. The van der Waals surface area contributed by atoms with Gasteiger partial charge in [-0.15, -0.1) is 0 Å². The normalized spacial score (nSPS) is 20.6. The third kappa shape index (κ3) is 5.78. The molecular weight excluding hydrogens is 431 g/mol. The molecule has 0 aromatic heterocycles. The van der Waals surface area contributed by atoms with Crippen molar-refractivity contribution < 1.29 is 18.7 Å². The van der Waals surface area contributed by atoms with Crippen LogP contribution in [0.25, 0.3) is 11.1 Å². The van der Waals surface area contributed by atoms with Gasteiger partial charge in [0.05, 0.1) is 12.5 Å². The first-order chi connectivity index (χ1) is 16.5. The van der Waals surface area contributed by atoms with Crippen LogP contribution in [0, 0.1) is 11.2 Å². The van der Waals surface area contributed by atoms with E-state index in [1.165, 1.54) is 31.4 Å². The molecule has 2 aliphatic rings. The number of carbonyl (C=O) groups is 1. The number of methoxy groups -OCH3 is 1. The van der Waals surface area contributed by atoms with E-state index in [4.69, 9.17) is 9.47 Å². The minimum atomic E-state index is -0.455. The molecule has 0 bridgehead atoms. The number of nitrogens with zero attached hydrogens (tertiary/aromatic N) is 1. The fourth-order valence-electron chi connectivity index (χ4n) is 5.34. The molecule has 4 rings (SSSR count). The molecule has 6 heteroatoms. The Hall–Kier alpha value is -2.44. The molecule has 0 spiro atoms. The standard InChI is InChI=1S/C28H37FN2O3/c1-21-5-3-4-15-31(21)16-14-30-27(32)28(12-17-34-18-13-28)20-22-6-8-23(9-7-22)25-19-24(29)10-11-26(25)33-2/h6-11,19,21H,3-5,12-18,20H2,1-2H3,(H,30,32). The maximum atomic E-state index is 13.8. The molecular formula is C28H37FN2O3. The van der Waals surface area contributed by atoms with E-state index in [-0.39, 0.29) is 11.7 Å². The van der Waals surface area contributed by atoms with Crippen molar-refractivity contribution in [2.24, 2.45) is 5.41 Å². The molecule has 34 heavy (non-hydrogen) atoms. The van der Waals surface area contributed by atoms with E-state index >= 15 is 0 Å². The second-order valence-corrected chi connectivity index (χ2v) is 9.75. The summed E-state index contributed by atoms with van der Waals surface area (Å²) in [6.07, 6.45) is 5.90. The van der Waals surface area contributed by atoms with Gasteiger partial charge in [0, 0.05) is 37.9 Å². The Balaban J connectivity index is 1.43. The summed E-state index contributed by atoms with van der Waals surface area (Å²) < 4.78 is 24.8. The molecule has 5 nitrogen and oxygen atoms in total. The highest BCUT2D eigenvalue weighted by molar-refractivity contribution is 5.83. The number of likely N-dealkylation sites (tertiary alicyclic amines) is 1. The van der Waals surface area contributed by atoms with Crippen molar-refractivity contribution in [1.82, 2.24) is 10.2 Å². The summed E-state index contributed by atoms with van der Waals surface area (Å²) >= 11 is 0. The lowest BCUT2D eigenvalue weighted by Gasteiger charge is -2.37. The second-order valence-electron chi connectivity index (χ2n) is 9.75. The number of piperidine rings is 1. The van der Waals surface area contributed by atoms with Gasteiger partial charge in [-0.2, -0.15) is 0 Å². The maximum absolute atomic E-state index is 13.8. The molecule has 2 saturated heterocycles. The smallest absolute Gasteiger partial charge is 0.226 e. The Morgan fingerprint density at radius 3 is 2.65 bits per heavy atom. The number of benzene rings is 2. The van der Waals surface area contributed by atoms with E-state index in [1.807, 2.05) is 24.3 Å². The van der Waals surface area contributed by atoms with Gasteiger partial charge in [0.25, 0.3) is 0 Å². The average molecular weight is 469 g/mol. The van der Waals surface area contributed by atoms with Crippen LogP contribution in [0.3, 0.4) is 0 Å². The van der Waals surface area contributed by atoms with E-state index in [9.17, 15) is 9.18 Å². The highest BCUT2D eigenvalue weighted by atomic mass is 19.1. The van der Waals surface area contributed by atoms with Gasteiger partial charge in [-0.3, -0.25) is 9.69 Å². The molecule has 2 aromatic rings. The van der Waals surface area contributed by atoms with Crippen LogP contribution in [0.1, 0.15) is 44.6 Å². The van der Waals surface area contributed by atoms with Crippen LogP contribution in [0.4, 0.5) is 4.39 Å². The lowest BCUT2D eigenvalue weighted by molar-refractivity contribution is -0.136. The van der Waals surface area contributed by atoms with Crippen molar-refractivity contribution in [3.8, 4) is 16.9 Å². The fraction of sp³-hybridized carbons (Fsp3) is 0.536. The number of carbonyl (C=O) groups excluding carboxylic acids is 1. The van der Waals surface area contributed by atoms with E-state index in [0.29, 0.717) is 38.0 Å².